The molecule has 4 aliphatic carbocycles. The molecule has 0 heterocycles. The number of unbranched alkanes of at least 4 members (excludes halogenated alkanes) is 1. The van der Waals surface area contributed by atoms with Gasteiger partial charge >= 0.3 is 0 Å². The van der Waals surface area contributed by atoms with Crippen LogP contribution >= 0.6 is 9.24 Å². The Hall–Kier alpha value is 0.270. The molecule has 10 unspecified atom stereocenters. The molecule has 0 radical (unpaired) electrons. The highest BCUT2D eigenvalue weighted by Gasteiger charge is 2.36. The first-order valence-electron chi connectivity index (χ1n) is 16.9. The zero-order valence-electron chi connectivity index (χ0n) is 24.3. The maximum atomic E-state index is 10.4. The molecule has 38 heavy (non-hydrogen) atoms. The minimum Gasteiger partial charge on any atom is -0.393 e. The van der Waals surface area contributed by atoms with Crippen molar-refractivity contribution < 1.29 is 20.4 Å². The Kier molecular flexibility index (Phi) is 13.2. The summed E-state index contributed by atoms with van der Waals surface area (Å²) in [5.74, 6) is 3.94. The van der Waals surface area contributed by atoms with Crippen LogP contribution in [0.5, 0.6) is 0 Å². The van der Waals surface area contributed by atoms with Crippen molar-refractivity contribution in [2.75, 3.05) is 0 Å². The van der Waals surface area contributed by atoms with Crippen molar-refractivity contribution >= 4 is 9.24 Å². The Balaban J connectivity index is 1.24. The van der Waals surface area contributed by atoms with Gasteiger partial charge in [-0.25, -0.2) is 0 Å². The molecule has 0 amide bonds. The molecule has 5 heteroatoms. The van der Waals surface area contributed by atoms with Gasteiger partial charge in [0.25, 0.3) is 0 Å². The minimum absolute atomic E-state index is 0.107. The number of hydrogen-bond donors (Lipinski definition) is 4. The second-order valence-corrected chi connectivity index (χ2v) is 15.2. The quantitative estimate of drug-likeness (QED) is 0.155. The Morgan fingerprint density at radius 2 is 0.789 bits per heavy atom. The minimum atomic E-state index is -0.111. The van der Waals surface area contributed by atoms with Crippen molar-refractivity contribution in [1.29, 1.82) is 0 Å². The topological polar surface area (TPSA) is 80.9 Å². The summed E-state index contributed by atoms with van der Waals surface area (Å²) in [6.45, 7) is 0. The molecule has 4 saturated carbocycles. The van der Waals surface area contributed by atoms with E-state index in [1.165, 1.54) is 89.9 Å². The Labute approximate surface area is 236 Å². The lowest BCUT2D eigenvalue weighted by Crippen LogP contribution is -2.34. The molecule has 222 valence electrons. The van der Waals surface area contributed by atoms with Gasteiger partial charge in [-0.15, -0.1) is 9.24 Å². The predicted molar refractivity (Wildman–Crippen MR) is 160 cm³/mol. The third-order valence-corrected chi connectivity index (χ3v) is 12.1. The molecule has 0 spiro atoms. The molecule has 0 aromatic heterocycles. The molecule has 4 rings (SSSR count). The van der Waals surface area contributed by atoms with Crippen molar-refractivity contribution in [1.82, 2.24) is 0 Å². The zero-order valence-corrected chi connectivity index (χ0v) is 25.4. The summed E-state index contributed by atoms with van der Waals surface area (Å²) in [6, 6.07) is 0. The highest BCUT2D eigenvalue weighted by molar-refractivity contribution is 7.17. The van der Waals surface area contributed by atoms with Crippen molar-refractivity contribution in [3.8, 4) is 0 Å². The van der Waals surface area contributed by atoms with Crippen molar-refractivity contribution in [2.45, 2.75) is 171 Å². The Bertz CT molecular complexity index is 617. The fourth-order valence-electron chi connectivity index (χ4n) is 9.41. The van der Waals surface area contributed by atoms with Gasteiger partial charge in [-0.05, 0) is 144 Å². The molecular formula is C33H61O4P. The van der Waals surface area contributed by atoms with Crippen LogP contribution in [0.4, 0.5) is 0 Å². The fraction of sp³-hybridized carbons (Fsp3) is 1.00. The molecule has 4 fully saturated rings. The largest absolute Gasteiger partial charge is 0.393 e. The SMILES string of the molecule is OC1CCCC(C(CCCCC(P)CCC(C2CCCC(O)C2)C2CCCC(O)C2)C2CCCC(O)C2)C1. The molecule has 4 nitrogen and oxygen atoms in total. The predicted octanol–water partition coefficient (Wildman–Crippen LogP) is 7.01. The third-order valence-electron chi connectivity index (χ3n) is 11.4. The maximum Gasteiger partial charge on any atom is 0.0543 e. The highest BCUT2D eigenvalue weighted by Crippen LogP contribution is 2.44. The summed E-state index contributed by atoms with van der Waals surface area (Å²) in [4.78, 5) is 0. The van der Waals surface area contributed by atoms with Gasteiger partial charge in [0.2, 0.25) is 0 Å². The van der Waals surface area contributed by atoms with E-state index in [1.54, 1.807) is 0 Å². The zero-order chi connectivity index (χ0) is 26.9. The maximum absolute atomic E-state index is 10.4. The first kappa shape index (κ1) is 31.2. The summed E-state index contributed by atoms with van der Waals surface area (Å²) in [6.07, 6.45) is 24.8. The molecular weight excluding hydrogens is 491 g/mol. The van der Waals surface area contributed by atoms with Crippen LogP contribution in [0.2, 0.25) is 0 Å². The smallest absolute Gasteiger partial charge is 0.0543 e. The lowest BCUT2D eigenvalue weighted by Gasteiger charge is -2.40. The van der Waals surface area contributed by atoms with Gasteiger partial charge in [0.05, 0.1) is 24.4 Å². The van der Waals surface area contributed by atoms with Gasteiger partial charge in [-0.1, -0.05) is 38.5 Å². The lowest BCUT2D eigenvalue weighted by molar-refractivity contribution is 0.0252. The molecule has 10 atom stereocenters. The molecule has 0 aromatic carbocycles. The molecule has 0 saturated heterocycles. The lowest BCUT2D eigenvalue weighted by atomic mass is 9.67. The summed E-state index contributed by atoms with van der Waals surface area (Å²) >= 11 is 0. The van der Waals surface area contributed by atoms with Gasteiger partial charge in [0.1, 0.15) is 0 Å². The number of aliphatic hydroxyl groups excluding tert-OH is 4. The van der Waals surface area contributed by atoms with Gasteiger partial charge in [0.15, 0.2) is 0 Å². The number of aliphatic hydroxyl groups is 4. The van der Waals surface area contributed by atoms with E-state index in [-0.39, 0.29) is 24.4 Å². The van der Waals surface area contributed by atoms with Gasteiger partial charge in [-0.2, -0.15) is 0 Å². The Morgan fingerprint density at radius 3 is 1.16 bits per heavy atom. The molecule has 4 aliphatic rings. The second-order valence-electron chi connectivity index (χ2n) is 14.3. The van der Waals surface area contributed by atoms with Gasteiger partial charge in [-0.3, -0.25) is 0 Å². The van der Waals surface area contributed by atoms with Gasteiger partial charge < -0.3 is 20.4 Å². The number of hydrogen-bond acceptors (Lipinski definition) is 4. The van der Waals surface area contributed by atoms with Crippen LogP contribution in [0, 0.1) is 35.5 Å². The second kappa shape index (κ2) is 16.1. The normalized spacial score (nSPS) is 39.4. The van der Waals surface area contributed by atoms with Crippen LogP contribution in [0.1, 0.15) is 141 Å². The van der Waals surface area contributed by atoms with Crippen molar-refractivity contribution in [2.24, 2.45) is 35.5 Å². The van der Waals surface area contributed by atoms with E-state index >= 15 is 0 Å². The summed E-state index contributed by atoms with van der Waals surface area (Å²) < 4.78 is 0. The van der Waals surface area contributed by atoms with Crippen LogP contribution in [-0.4, -0.2) is 50.5 Å². The summed E-state index contributed by atoms with van der Waals surface area (Å²) in [5, 5.41) is 41.5. The average Bonchev–Trinajstić information content (AvgIpc) is 2.89. The fourth-order valence-corrected chi connectivity index (χ4v) is 9.84. The van der Waals surface area contributed by atoms with E-state index in [9.17, 15) is 20.4 Å². The van der Waals surface area contributed by atoms with E-state index in [4.69, 9.17) is 0 Å². The van der Waals surface area contributed by atoms with E-state index in [0.717, 1.165) is 51.4 Å². The third kappa shape index (κ3) is 9.68. The van der Waals surface area contributed by atoms with Crippen molar-refractivity contribution in [3.63, 3.8) is 0 Å². The Morgan fingerprint density at radius 1 is 0.447 bits per heavy atom. The van der Waals surface area contributed by atoms with Gasteiger partial charge in [0, 0.05) is 0 Å². The highest BCUT2D eigenvalue weighted by atomic mass is 31.0. The first-order valence-corrected chi connectivity index (χ1v) is 17.5. The molecule has 0 bridgehead atoms. The van der Waals surface area contributed by atoms with E-state index in [1.807, 2.05) is 0 Å². The summed E-state index contributed by atoms with van der Waals surface area (Å²) in [7, 11) is 3.16. The molecule has 4 N–H and O–H groups in total. The van der Waals surface area contributed by atoms with Crippen LogP contribution in [0.25, 0.3) is 0 Å². The summed E-state index contributed by atoms with van der Waals surface area (Å²) in [5.41, 5.74) is 0.658. The van der Waals surface area contributed by atoms with E-state index in [0.29, 0.717) is 41.2 Å². The molecule has 0 aliphatic heterocycles. The standard InChI is InChI=1S/C33H61O4P/c34-27-11-3-7-23(19-27)32(24-8-4-12-28(35)20-24)16-2-1-15-31(38)17-18-33(25-9-5-13-29(36)21-25)26-10-6-14-30(37)22-26/h23-37H,1-22,38H2. The van der Waals surface area contributed by atoms with E-state index in [2.05, 4.69) is 9.24 Å². The average molecular weight is 553 g/mol. The molecule has 0 aromatic rings. The van der Waals surface area contributed by atoms with Crippen LogP contribution in [0.15, 0.2) is 0 Å². The number of rotatable bonds is 12. The monoisotopic (exact) mass is 552 g/mol. The van der Waals surface area contributed by atoms with E-state index < -0.39 is 0 Å². The first-order chi connectivity index (χ1) is 18.4. The van der Waals surface area contributed by atoms with Crippen LogP contribution in [-0.2, 0) is 0 Å². The van der Waals surface area contributed by atoms with Crippen molar-refractivity contribution in [3.05, 3.63) is 0 Å². The van der Waals surface area contributed by atoms with Crippen LogP contribution in [0.3, 0.4) is 0 Å². The van der Waals surface area contributed by atoms with Crippen LogP contribution < -0.4 is 0 Å².